The van der Waals surface area contributed by atoms with Gasteiger partial charge in [-0.05, 0) is 51.0 Å². The van der Waals surface area contributed by atoms with Crippen LogP contribution in [0.3, 0.4) is 0 Å². The molecule has 0 aromatic rings. The Bertz CT molecular complexity index is 170. The lowest BCUT2D eigenvalue weighted by Gasteiger charge is -2.32. The summed E-state index contributed by atoms with van der Waals surface area (Å²) >= 11 is 0. The zero-order valence-corrected chi connectivity index (χ0v) is 11.5. The van der Waals surface area contributed by atoms with Crippen LogP contribution in [0, 0.1) is 18.8 Å². The molecule has 17 heavy (non-hydrogen) atoms. The Labute approximate surface area is 108 Å². The molecule has 0 saturated heterocycles. The quantitative estimate of drug-likeness (QED) is 0.688. The van der Waals surface area contributed by atoms with Crippen molar-refractivity contribution in [2.24, 2.45) is 11.8 Å². The molecule has 0 N–H and O–H groups in total. The fourth-order valence-electron chi connectivity index (χ4n) is 3.73. The summed E-state index contributed by atoms with van der Waals surface area (Å²) in [7, 11) is 0. The first-order valence-electron chi connectivity index (χ1n) is 7.90. The molecule has 1 heteroatoms. The van der Waals surface area contributed by atoms with E-state index in [0.717, 1.165) is 18.4 Å². The van der Waals surface area contributed by atoms with Gasteiger partial charge in [-0.1, -0.05) is 38.5 Å². The lowest BCUT2D eigenvalue weighted by molar-refractivity contribution is 0.172. The smallest absolute Gasteiger partial charge is 0.000977 e. The van der Waals surface area contributed by atoms with Crippen molar-refractivity contribution in [1.82, 2.24) is 4.90 Å². The van der Waals surface area contributed by atoms with Crippen LogP contribution in [0.5, 0.6) is 0 Å². The fourth-order valence-corrected chi connectivity index (χ4v) is 3.73. The van der Waals surface area contributed by atoms with Crippen LogP contribution < -0.4 is 0 Å². The number of hydrogen-bond donors (Lipinski definition) is 0. The molecule has 2 fully saturated rings. The van der Waals surface area contributed by atoms with Gasteiger partial charge in [0, 0.05) is 13.1 Å². The van der Waals surface area contributed by atoms with Crippen molar-refractivity contribution in [3.63, 3.8) is 0 Å². The van der Waals surface area contributed by atoms with Crippen molar-refractivity contribution in [1.29, 1.82) is 0 Å². The first-order chi connectivity index (χ1) is 8.38. The highest BCUT2D eigenvalue weighted by molar-refractivity contribution is 4.75. The van der Waals surface area contributed by atoms with Gasteiger partial charge in [-0.3, -0.25) is 0 Å². The van der Waals surface area contributed by atoms with Gasteiger partial charge in [0.05, 0.1) is 0 Å². The summed E-state index contributed by atoms with van der Waals surface area (Å²) in [6, 6.07) is 0. The zero-order valence-electron chi connectivity index (χ0n) is 11.5. The molecule has 2 aliphatic carbocycles. The molecular weight excluding hydrogens is 206 g/mol. The van der Waals surface area contributed by atoms with E-state index in [1.54, 1.807) is 0 Å². The Hall–Kier alpha value is -0.0400. The topological polar surface area (TPSA) is 3.24 Å². The van der Waals surface area contributed by atoms with Gasteiger partial charge in [0.2, 0.25) is 0 Å². The van der Waals surface area contributed by atoms with Gasteiger partial charge in [0.15, 0.2) is 0 Å². The predicted molar refractivity (Wildman–Crippen MR) is 74.9 cm³/mol. The highest BCUT2D eigenvalue weighted by atomic mass is 15.1. The number of rotatable bonds is 5. The Morgan fingerprint density at radius 3 is 1.47 bits per heavy atom. The normalized spacial score (nSPS) is 24.4. The third-order valence-corrected chi connectivity index (χ3v) is 4.80. The molecule has 0 amide bonds. The van der Waals surface area contributed by atoms with Crippen molar-refractivity contribution in [3.8, 4) is 0 Å². The minimum Gasteiger partial charge on any atom is -0.303 e. The van der Waals surface area contributed by atoms with E-state index in [9.17, 15) is 0 Å². The first-order valence-corrected chi connectivity index (χ1v) is 7.90. The summed E-state index contributed by atoms with van der Waals surface area (Å²) in [5.74, 6) is 1.96. The highest BCUT2D eigenvalue weighted by Crippen LogP contribution is 2.27. The van der Waals surface area contributed by atoms with Crippen LogP contribution in [0.2, 0.25) is 0 Å². The second-order valence-corrected chi connectivity index (χ2v) is 6.27. The monoisotopic (exact) mass is 236 g/mol. The van der Waals surface area contributed by atoms with Crippen LogP contribution in [0.15, 0.2) is 0 Å². The van der Waals surface area contributed by atoms with E-state index in [4.69, 9.17) is 0 Å². The van der Waals surface area contributed by atoms with Gasteiger partial charge in [-0.2, -0.15) is 0 Å². The molecule has 99 valence electrons. The van der Waals surface area contributed by atoms with Gasteiger partial charge in [-0.15, -0.1) is 0 Å². The minimum atomic E-state index is 0.981. The maximum Gasteiger partial charge on any atom is 0.000977 e. The van der Waals surface area contributed by atoms with Crippen molar-refractivity contribution in [3.05, 3.63) is 6.92 Å². The lowest BCUT2D eigenvalue weighted by Crippen LogP contribution is -2.35. The Morgan fingerprint density at radius 2 is 1.12 bits per heavy atom. The van der Waals surface area contributed by atoms with Crippen LogP contribution in [0.4, 0.5) is 0 Å². The summed E-state index contributed by atoms with van der Waals surface area (Å²) in [5.41, 5.74) is 0. The van der Waals surface area contributed by atoms with E-state index in [1.165, 1.54) is 77.3 Å². The predicted octanol–water partition coefficient (Wildman–Crippen LogP) is 4.28. The molecule has 1 radical (unpaired) electrons. The molecule has 0 spiro atoms. The molecular formula is C16H30N. The lowest BCUT2D eigenvalue weighted by atomic mass is 9.87. The van der Waals surface area contributed by atoms with Gasteiger partial charge < -0.3 is 4.90 Å². The van der Waals surface area contributed by atoms with E-state index in [-0.39, 0.29) is 0 Å². The van der Waals surface area contributed by atoms with Crippen LogP contribution in [0.1, 0.15) is 64.2 Å². The first kappa shape index (κ1) is 13.4. The average Bonchev–Trinajstić information content (AvgIpc) is 2.40. The molecule has 0 aromatic carbocycles. The van der Waals surface area contributed by atoms with E-state index in [0.29, 0.717) is 0 Å². The molecule has 0 aliphatic heterocycles. The van der Waals surface area contributed by atoms with E-state index < -0.39 is 0 Å². The van der Waals surface area contributed by atoms with Crippen molar-refractivity contribution in [2.75, 3.05) is 19.6 Å². The zero-order chi connectivity index (χ0) is 11.9. The Balaban J connectivity index is 1.71. The SMILES string of the molecule is [CH2]CN(CC1CCCCC1)CC1CCCCC1. The third-order valence-electron chi connectivity index (χ3n) is 4.80. The Morgan fingerprint density at radius 1 is 0.706 bits per heavy atom. The molecule has 0 atom stereocenters. The summed E-state index contributed by atoms with van der Waals surface area (Å²) in [6.45, 7) is 7.83. The maximum atomic E-state index is 4.14. The molecule has 1 nitrogen and oxygen atoms in total. The Kier molecular flexibility index (Phi) is 5.84. The van der Waals surface area contributed by atoms with Gasteiger partial charge in [-0.25, -0.2) is 0 Å². The largest absolute Gasteiger partial charge is 0.303 e. The molecule has 2 rings (SSSR count). The van der Waals surface area contributed by atoms with Crippen LogP contribution >= 0.6 is 0 Å². The number of nitrogens with zero attached hydrogens (tertiary/aromatic N) is 1. The van der Waals surface area contributed by atoms with Crippen LogP contribution in [-0.2, 0) is 0 Å². The van der Waals surface area contributed by atoms with Crippen LogP contribution in [-0.4, -0.2) is 24.5 Å². The van der Waals surface area contributed by atoms with Gasteiger partial charge >= 0.3 is 0 Å². The molecule has 0 aromatic heterocycles. The third kappa shape index (κ3) is 4.62. The van der Waals surface area contributed by atoms with Crippen molar-refractivity contribution < 1.29 is 0 Å². The minimum absolute atomic E-state index is 0.981. The van der Waals surface area contributed by atoms with Gasteiger partial charge in [0.1, 0.15) is 0 Å². The maximum absolute atomic E-state index is 4.14. The fraction of sp³-hybridized carbons (Fsp3) is 0.938. The van der Waals surface area contributed by atoms with E-state index >= 15 is 0 Å². The van der Waals surface area contributed by atoms with Crippen LogP contribution in [0.25, 0.3) is 0 Å². The van der Waals surface area contributed by atoms with Crippen molar-refractivity contribution in [2.45, 2.75) is 64.2 Å². The molecule has 0 heterocycles. The highest BCUT2D eigenvalue weighted by Gasteiger charge is 2.20. The van der Waals surface area contributed by atoms with E-state index in [1.807, 2.05) is 0 Å². The summed E-state index contributed by atoms with van der Waals surface area (Å²) in [4.78, 5) is 2.64. The van der Waals surface area contributed by atoms with Crippen molar-refractivity contribution >= 4 is 0 Å². The van der Waals surface area contributed by atoms with E-state index in [2.05, 4.69) is 11.8 Å². The summed E-state index contributed by atoms with van der Waals surface area (Å²) < 4.78 is 0. The average molecular weight is 236 g/mol. The summed E-state index contributed by atoms with van der Waals surface area (Å²) in [6.07, 6.45) is 14.7. The molecule has 0 unspecified atom stereocenters. The standard InChI is InChI=1S/C16H30N/c1-2-17(13-15-9-5-3-6-10-15)14-16-11-7-4-8-12-16/h15-16H,1-14H2. The molecule has 2 saturated carbocycles. The molecule has 0 bridgehead atoms. The summed E-state index contributed by atoms with van der Waals surface area (Å²) in [5, 5.41) is 0. The molecule has 2 aliphatic rings. The second-order valence-electron chi connectivity index (χ2n) is 6.27. The van der Waals surface area contributed by atoms with Gasteiger partial charge in [0.25, 0.3) is 0 Å². The second kappa shape index (κ2) is 7.41. The number of hydrogen-bond acceptors (Lipinski definition) is 1.